The summed E-state index contributed by atoms with van der Waals surface area (Å²) in [4.78, 5) is 16.0. The first-order valence-corrected chi connectivity index (χ1v) is 8.88. The fraction of sp³-hybridized carbons (Fsp3) is 0.389. The van der Waals surface area contributed by atoms with Crippen LogP contribution in [0.5, 0.6) is 5.75 Å². The number of nitrogens with one attached hydrogen (secondary N) is 1. The topological polar surface area (TPSA) is 41.6 Å². The molecule has 1 N–H and O–H groups in total. The van der Waals surface area contributed by atoms with E-state index in [0.717, 1.165) is 24.4 Å². The Morgan fingerprint density at radius 1 is 1.35 bits per heavy atom. The molecule has 1 atom stereocenters. The van der Waals surface area contributed by atoms with Gasteiger partial charge in [-0.3, -0.25) is 9.69 Å². The third-order valence-electron chi connectivity index (χ3n) is 4.20. The molecular formula is C18H22N2O2S. The molecule has 4 nitrogen and oxygen atoms in total. The van der Waals surface area contributed by atoms with Crippen LogP contribution in [0.4, 0.5) is 5.69 Å². The summed E-state index contributed by atoms with van der Waals surface area (Å²) in [7, 11) is 0. The van der Waals surface area contributed by atoms with Crippen LogP contribution in [0.15, 0.2) is 35.7 Å². The van der Waals surface area contributed by atoms with E-state index in [0.29, 0.717) is 19.2 Å². The zero-order valence-corrected chi connectivity index (χ0v) is 14.4. The van der Waals surface area contributed by atoms with Gasteiger partial charge in [-0.15, -0.1) is 11.3 Å². The van der Waals surface area contributed by atoms with Crippen LogP contribution < -0.4 is 10.1 Å². The number of thiophene rings is 1. The highest BCUT2D eigenvalue weighted by molar-refractivity contribution is 7.10. The van der Waals surface area contributed by atoms with E-state index >= 15 is 0 Å². The van der Waals surface area contributed by atoms with Gasteiger partial charge in [-0.2, -0.15) is 0 Å². The molecule has 0 bridgehead atoms. The highest BCUT2D eigenvalue weighted by atomic mass is 32.1. The second-order valence-corrected chi connectivity index (χ2v) is 6.70. The summed E-state index contributed by atoms with van der Waals surface area (Å²) in [6.45, 7) is 6.13. The zero-order chi connectivity index (χ0) is 16.2. The number of anilines is 1. The molecule has 0 radical (unpaired) electrons. The lowest BCUT2D eigenvalue weighted by atomic mass is 10.0. The van der Waals surface area contributed by atoms with Crippen LogP contribution in [0, 0.1) is 0 Å². The molecule has 5 heteroatoms. The Balaban J connectivity index is 1.57. The van der Waals surface area contributed by atoms with Crippen LogP contribution in [-0.4, -0.2) is 30.5 Å². The molecule has 122 valence electrons. The number of hydrogen-bond acceptors (Lipinski definition) is 4. The number of amides is 1. The van der Waals surface area contributed by atoms with Gasteiger partial charge in [0.25, 0.3) is 0 Å². The van der Waals surface area contributed by atoms with Crippen molar-refractivity contribution >= 4 is 22.9 Å². The third kappa shape index (κ3) is 3.74. The molecule has 0 saturated heterocycles. The summed E-state index contributed by atoms with van der Waals surface area (Å²) in [6.07, 6.45) is 1.04. The predicted molar refractivity (Wildman–Crippen MR) is 94.3 cm³/mol. The minimum Gasteiger partial charge on any atom is -0.494 e. The van der Waals surface area contributed by atoms with E-state index in [9.17, 15) is 4.79 Å². The van der Waals surface area contributed by atoms with Crippen LogP contribution >= 0.6 is 11.3 Å². The Morgan fingerprint density at radius 2 is 2.13 bits per heavy atom. The lowest BCUT2D eigenvalue weighted by Crippen LogP contribution is -2.39. The molecule has 1 aromatic heterocycles. The average molecular weight is 330 g/mol. The maximum atomic E-state index is 12.3. The fourth-order valence-corrected chi connectivity index (χ4v) is 3.93. The van der Waals surface area contributed by atoms with Crippen molar-refractivity contribution < 1.29 is 9.53 Å². The number of carbonyl (C=O) groups excluding carboxylic acids is 1. The van der Waals surface area contributed by atoms with E-state index in [2.05, 4.69) is 28.6 Å². The highest BCUT2D eigenvalue weighted by Crippen LogP contribution is 2.32. The zero-order valence-electron chi connectivity index (χ0n) is 13.5. The SMILES string of the molecule is CCOc1ccc(NC(=O)CN2CCc3sccc3[C@H]2C)cc1. The van der Waals surface area contributed by atoms with Crippen LogP contribution in [0.2, 0.25) is 0 Å². The van der Waals surface area contributed by atoms with Crippen LogP contribution in [-0.2, 0) is 11.2 Å². The molecule has 0 spiro atoms. The monoisotopic (exact) mass is 330 g/mol. The van der Waals surface area contributed by atoms with Crippen molar-refractivity contribution in [2.75, 3.05) is 25.0 Å². The van der Waals surface area contributed by atoms with Gasteiger partial charge in [0.15, 0.2) is 0 Å². The molecule has 0 saturated carbocycles. The maximum absolute atomic E-state index is 12.3. The van der Waals surface area contributed by atoms with Gasteiger partial charge in [0.2, 0.25) is 5.91 Å². The Hall–Kier alpha value is -1.85. The fourth-order valence-electron chi connectivity index (χ4n) is 2.96. The van der Waals surface area contributed by atoms with Crippen molar-refractivity contribution in [2.45, 2.75) is 26.3 Å². The second kappa shape index (κ2) is 7.15. The van der Waals surface area contributed by atoms with Crippen LogP contribution in [0.1, 0.15) is 30.3 Å². The number of ether oxygens (including phenoxy) is 1. The van der Waals surface area contributed by atoms with Crippen molar-refractivity contribution in [1.29, 1.82) is 0 Å². The lowest BCUT2D eigenvalue weighted by Gasteiger charge is -2.32. The molecule has 0 fully saturated rings. The standard InChI is InChI=1S/C18H22N2O2S/c1-3-22-15-6-4-14(5-7-15)19-18(21)12-20-10-8-17-16(13(20)2)9-11-23-17/h4-7,9,11,13H,3,8,10,12H2,1-2H3,(H,19,21)/t13-/m1/s1. The van der Waals surface area contributed by atoms with Crippen molar-refractivity contribution in [2.24, 2.45) is 0 Å². The summed E-state index contributed by atoms with van der Waals surface area (Å²) in [5.41, 5.74) is 2.18. The first-order valence-electron chi connectivity index (χ1n) is 8.00. The molecule has 1 amide bonds. The molecule has 1 aliphatic heterocycles. The molecule has 1 aromatic carbocycles. The quantitative estimate of drug-likeness (QED) is 0.909. The molecule has 3 rings (SSSR count). The van der Waals surface area contributed by atoms with Gasteiger partial charge in [0.1, 0.15) is 5.75 Å². The summed E-state index contributed by atoms with van der Waals surface area (Å²) in [6, 6.07) is 9.98. The molecule has 2 heterocycles. The van der Waals surface area contributed by atoms with E-state index in [-0.39, 0.29) is 5.91 Å². The molecule has 23 heavy (non-hydrogen) atoms. The number of nitrogens with zero attached hydrogens (tertiary/aromatic N) is 1. The summed E-state index contributed by atoms with van der Waals surface area (Å²) in [5, 5.41) is 5.11. The molecule has 1 aliphatic rings. The lowest BCUT2D eigenvalue weighted by molar-refractivity contribution is -0.117. The van der Waals surface area contributed by atoms with Gasteiger partial charge in [0.05, 0.1) is 13.2 Å². The van der Waals surface area contributed by atoms with Gasteiger partial charge in [-0.25, -0.2) is 0 Å². The van der Waals surface area contributed by atoms with Crippen molar-refractivity contribution in [3.05, 3.63) is 46.2 Å². The summed E-state index contributed by atoms with van der Waals surface area (Å²) < 4.78 is 5.41. The van der Waals surface area contributed by atoms with Crippen molar-refractivity contribution in [1.82, 2.24) is 4.90 Å². The maximum Gasteiger partial charge on any atom is 0.238 e. The van der Waals surface area contributed by atoms with E-state index in [4.69, 9.17) is 4.74 Å². The highest BCUT2D eigenvalue weighted by Gasteiger charge is 2.26. The van der Waals surface area contributed by atoms with E-state index < -0.39 is 0 Å². The Kier molecular flexibility index (Phi) is 4.98. The minimum absolute atomic E-state index is 0.0275. The minimum atomic E-state index is 0.0275. The van der Waals surface area contributed by atoms with Gasteiger partial charge in [-0.1, -0.05) is 0 Å². The van der Waals surface area contributed by atoms with Crippen LogP contribution in [0.3, 0.4) is 0 Å². The number of hydrogen-bond donors (Lipinski definition) is 1. The molecular weight excluding hydrogens is 308 g/mol. The van der Waals surface area contributed by atoms with Crippen molar-refractivity contribution in [3.8, 4) is 5.75 Å². The number of rotatable bonds is 5. The largest absolute Gasteiger partial charge is 0.494 e. The summed E-state index contributed by atoms with van der Waals surface area (Å²) in [5.74, 6) is 0.847. The average Bonchev–Trinajstić information content (AvgIpc) is 3.02. The van der Waals surface area contributed by atoms with Gasteiger partial charge >= 0.3 is 0 Å². The molecule has 2 aromatic rings. The molecule has 0 unspecified atom stereocenters. The first-order chi connectivity index (χ1) is 11.2. The normalized spacial score (nSPS) is 17.6. The Bertz CT molecular complexity index is 666. The number of fused-ring (bicyclic) bond motifs is 1. The van der Waals surface area contributed by atoms with Gasteiger partial charge in [0, 0.05) is 23.2 Å². The second-order valence-electron chi connectivity index (χ2n) is 5.70. The van der Waals surface area contributed by atoms with E-state index in [1.165, 1.54) is 10.4 Å². The van der Waals surface area contributed by atoms with E-state index in [1.54, 1.807) is 0 Å². The first kappa shape index (κ1) is 16.0. The van der Waals surface area contributed by atoms with Gasteiger partial charge < -0.3 is 10.1 Å². The van der Waals surface area contributed by atoms with Gasteiger partial charge in [-0.05, 0) is 61.5 Å². The number of benzene rings is 1. The Morgan fingerprint density at radius 3 is 2.87 bits per heavy atom. The predicted octanol–water partition coefficient (Wildman–Crippen LogP) is 3.70. The van der Waals surface area contributed by atoms with Crippen LogP contribution in [0.25, 0.3) is 0 Å². The summed E-state index contributed by atoms with van der Waals surface area (Å²) >= 11 is 1.82. The third-order valence-corrected chi connectivity index (χ3v) is 5.20. The van der Waals surface area contributed by atoms with E-state index in [1.807, 2.05) is 42.5 Å². The van der Waals surface area contributed by atoms with Crippen molar-refractivity contribution in [3.63, 3.8) is 0 Å². The smallest absolute Gasteiger partial charge is 0.238 e. The number of carbonyl (C=O) groups is 1. The molecule has 0 aliphatic carbocycles. The Labute approximate surface area is 141 Å².